The third-order valence-corrected chi connectivity index (χ3v) is 6.08. The van der Waals surface area contributed by atoms with E-state index in [1.54, 1.807) is 24.3 Å². The van der Waals surface area contributed by atoms with Gasteiger partial charge >= 0.3 is 0 Å². The van der Waals surface area contributed by atoms with Gasteiger partial charge in [-0.05, 0) is 66.3 Å². The van der Waals surface area contributed by atoms with Crippen molar-refractivity contribution in [1.29, 1.82) is 5.26 Å². The molecule has 0 aliphatic carbocycles. The Labute approximate surface area is 176 Å². The molecule has 4 rings (SSSR count). The van der Waals surface area contributed by atoms with Crippen molar-refractivity contribution < 1.29 is 8.78 Å². The second-order valence-electron chi connectivity index (χ2n) is 8.11. The van der Waals surface area contributed by atoms with Crippen LogP contribution in [-0.2, 0) is 12.0 Å². The molecule has 0 amide bonds. The summed E-state index contributed by atoms with van der Waals surface area (Å²) < 4.78 is 27.1. The minimum absolute atomic E-state index is 0.323. The second-order valence-corrected chi connectivity index (χ2v) is 8.11. The number of hydrogen-bond donors (Lipinski definition) is 0. The lowest BCUT2D eigenvalue weighted by Gasteiger charge is -2.31. The van der Waals surface area contributed by atoms with Gasteiger partial charge in [0.1, 0.15) is 17.0 Å². The molecule has 0 bridgehead atoms. The fourth-order valence-electron chi connectivity index (χ4n) is 4.54. The zero-order valence-electron chi connectivity index (χ0n) is 16.8. The van der Waals surface area contributed by atoms with E-state index in [0.29, 0.717) is 12.3 Å². The van der Waals surface area contributed by atoms with E-state index in [4.69, 9.17) is 0 Å². The molecule has 0 aromatic heterocycles. The fraction of sp³-hybridized carbons (Fsp3) is 0.269. The topological polar surface area (TPSA) is 27.0 Å². The van der Waals surface area contributed by atoms with Crippen LogP contribution < -0.4 is 0 Å². The van der Waals surface area contributed by atoms with E-state index in [2.05, 4.69) is 23.1 Å². The summed E-state index contributed by atoms with van der Waals surface area (Å²) in [5.41, 5.74) is 1.84. The largest absolute Gasteiger partial charge is 0.299 e. The van der Waals surface area contributed by atoms with E-state index in [-0.39, 0.29) is 11.6 Å². The molecule has 1 unspecified atom stereocenters. The normalized spacial score (nSPS) is 17.0. The van der Waals surface area contributed by atoms with Gasteiger partial charge in [0.25, 0.3) is 0 Å². The maximum Gasteiger partial charge on any atom is 0.123 e. The predicted molar refractivity (Wildman–Crippen MR) is 114 cm³/mol. The van der Waals surface area contributed by atoms with E-state index in [1.165, 1.54) is 29.8 Å². The molecule has 152 valence electrons. The number of nitriles is 1. The molecule has 0 N–H and O–H groups in total. The van der Waals surface area contributed by atoms with Crippen LogP contribution in [0.5, 0.6) is 0 Å². The Balaban J connectivity index is 1.60. The first kappa shape index (κ1) is 20.3. The second kappa shape index (κ2) is 8.77. The zero-order valence-corrected chi connectivity index (χ0v) is 16.8. The van der Waals surface area contributed by atoms with Gasteiger partial charge in [0.05, 0.1) is 6.07 Å². The highest BCUT2D eigenvalue weighted by molar-refractivity contribution is 5.46. The lowest BCUT2D eigenvalue weighted by molar-refractivity contribution is 0.306. The van der Waals surface area contributed by atoms with E-state index in [9.17, 15) is 14.0 Å². The molecule has 4 heteroatoms. The molecule has 1 aliphatic heterocycles. The van der Waals surface area contributed by atoms with Crippen molar-refractivity contribution in [2.45, 2.75) is 24.8 Å². The standard InChI is InChI=1S/C26H24F2N2/c27-24-10-6-22(7-11-24)26(19-29,23-8-12-25(28)13-9-23)16-21-14-15-30(18-21)17-20-4-2-1-3-5-20/h1-13,21H,14-18H2. The first-order valence-corrected chi connectivity index (χ1v) is 10.3. The number of nitrogens with zero attached hydrogens (tertiary/aromatic N) is 2. The highest BCUT2D eigenvalue weighted by Crippen LogP contribution is 2.40. The first-order chi connectivity index (χ1) is 14.6. The Hall–Kier alpha value is -3.03. The molecule has 0 radical (unpaired) electrons. The van der Waals surface area contributed by atoms with Gasteiger partial charge in [-0.15, -0.1) is 0 Å². The lowest BCUT2D eigenvalue weighted by Crippen LogP contribution is -2.30. The molecule has 1 atom stereocenters. The summed E-state index contributed by atoms with van der Waals surface area (Å²) in [7, 11) is 0. The van der Waals surface area contributed by atoms with E-state index < -0.39 is 5.41 Å². The summed E-state index contributed by atoms with van der Waals surface area (Å²) in [6, 6.07) is 25.2. The number of rotatable bonds is 6. The van der Waals surface area contributed by atoms with Crippen LogP contribution in [0.2, 0.25) is 0 Å². The van der Waals surface area contributed by atoms with Crippen molar-refractivity contribution in [3.05, 3.63) is 107 Å². The van der Waals surface area contributed by atoms with E-state index in [0.717, 1.165) is 37.2 Å². The average molecular weight is 402 g/mol. The lowest BCUT2D eigenvalue weighted by atomic mass is 9.70. The highest BCUT2D eigenvalue weighted by Gasteiger charge is 2.39. The van der Waals surface area contributed by atoms with Crippen LogP contribution in [0, 0.1) is 28.9 Å². The molecule has 0 saturated carbocycles. The maximum atomic E-state index is 13.6. The van der Waals surface area contributed by atoms with Crippen molar-refractivity contribution in [1.82, 2.24) is 4.90 Å². The zero-order chi connectivity index (χ0) is 21.0. The monoisotopic (exact) mass is 402 g/mol. The molecule has 1 aliphatic rings. The van der Waals surface area contributed by atoms with Gasteiger partial charge in [-0.2, -0.15) is 5.26 Å². The van der Waals surface area contributed by atoms with Crippen LogP contribution in [0.15, 0.2) is 78.9 Å². The Morgan fingerprint density at radius 2 is 1.43 bits per heavy atom. The maximum absolute atomic E-state index is 13.6. The van der Waals surface area contributed by atoms with Gasteiger partial charge in [0, 0.05) is 13.1 Å². The summed E-state index contributed by atoms with van der Waals surface area (Å²) in [5.74, 6) is -0.345. The predicted octanol–water partition coefficient (Wildman–Crippen LogP) is 5.69. The fourth-order valence-corrected chi connectivity index (χ4v) is 4.54. The smallest absolute Gasteiger partial charge is 0.123 e. The molecule has 1 fully saturated rings. The van der Waals surface area contributed by atoms with Crippen LogP contribution in [0.1, 0.15) is 29.5 Å². The third kappa shape index (κ3) is 4.27. The molecular weight excluding hydrogens is 378 g/mol. The molecule has 30 heavy (non-hydrogen) atoms. The Kier molecular flexibility index (Phi) is 5.92. The summed E-state index contributed by atoms with van der Waals surface area (Å²) in [5, 5.41) is 10.3. The van der Waals surface area contributed by atoms with Gasteiger partial charge in [0.15, 0.2) is 0 Å². The van der Waals surface area contributed by atoms with Crippen LogP contribution in [0.4, 0.5) is 8.78 Å². The number of hydrogen-bond acceptors (Lipinski definition) is 2. The van der Waals surface area contributed by atoms with Crippen molar-refractivity contribution in [2.75, 3.05) is 13.1 Å². The summed E-state index contributed by atoms with van der Waals surface area (Å²) in [6.07, 6.45) is 1.62. The molecule has 2 nitrogen and oxygen atoms in total. The average Bonchev–Trinajstić information content (AvgIpc) is 3.20. The van der Waals surface area contributed by atoms with Crippen LogP contribution in [-0.4, -0.2) is 18.0 Å². The number of likely N-dealkylation sites (tertiary alicyclic amines) is 1. The van der Waals surface area contributed by atoms with Gasteiger partial charge in [-0.25, -0.2) is 8.78 Å². The minimum atomic E-state index is -0.936. The minimum Gasteiger partial charge on any atom is -0.299 e. The molecule has 1 heterocycles. The summed E-state index contributed by atoms with van der Waals surface area (Å²) >= 11 is 0. The van der Waals surface area contributed by atoms with Crippen molar-refractivity contribution in [3.63, 3.8) is 0 Å². The summed E-state index contributed by atoms with van der Waals surface area (Å²) in [6.45, 7) is 2.78. The molecular formula is C26H24F2N2. The van der Waals surface area contributed by atoms with E-state index in [1.807, 2.05) is 18.2 Å². The third-order valence-electron chi connectivity index (χ3n) is 6.08. The van der Waals surface area contributed by atoms with E-state index >= 15 is 0 Å². The van der Waals surface area contributed by atoms with Crippen molar-refractivity contribution in [2.24, 2.45) is 5.92 Å². The van der Waals surface area contributed by atoms with Crippen LogP contribution in [0.3, 0.4) is 0 Å². The highest BCUT2D eigenvalue weighted by atomic mass is 19.1. The van der Waals surface area contributed by atoms with Gasteiger partial charge in [-0.3, -0.25) is 4.90 Å². The van der Waals surface area contributed by atoms with Crippen molar-refractivity contribution in [3.8, 4) is 6.07 Å². The van der Waals surface area contributed by atoms with Crippen LogP contribution >= 0.6 is 0 Å². The number of halogens is 2. The van der Waals surface area contributed by atoms with Gasteiger partial charge in [-0.1, -0.05) is 54.6 Å². The molecule has 3 aromatic rings. The Bertz CT molecular complexity index is 962. The molecule has 3 aromatic carbocycles. The van der Waals surface area contributed by atoms with Gasteiger partial charge < -0.3 is 0 Å². The first-order valence-electron chi connectivity index (χ1n) is 10.3. The van der Waals surface area contributed by atoms with Crippen LogP contribution in [0.25, 0.3) is 0 Å². The van der Waals surface area contributed by atoms with Gasteiger partial charge in [0.2, 0.25) is 0 Å². The van der Waals surface area contributed by atoms with Crippen molar-refractivity contribution >= 4 is 0 Å². The Morgan fingerprint density at radius 1 is 0.867 bits per heavy atom. The number of benzene rings is 3. The molecule has 0 spiro atoms. The SMILES string of the molecule is N#CC(CC1CCN(Cc2ccccc2)C1)(c1ccc(F)cc1)c1ccc(F)cc1. The molecule has 1 saturated heterocycles. The summed E-state index contributed by atoms with van der Waals surface area (Å²) in [4.78, 5) is 2.41. The quantitative estimate of drug-likeness (QED) is 0.530. The Morgan fingerprint density at radius 3 is 1.97 bits per heavy atom.